The van der Waals surface area contributed by atoms with E-state index < -0.39 is 4.92 Å². The summed E-state index contributed by atoms with van der Waals surface area (Å²) in [5, 5.41) is 15.6. The third-order valence-corrected chi connectivity index (χ3v) is 3.90. The van der Waals surface area contributed by atoms with Gasteiger partial charge in [0.2, 0.25) is 0 Å². The number of nitro groups is 1. The van der Waals surface area contributed by atoms with E-state index in [2.05, 4.69) is 11.2 Å². The maximum absolute atomic E-state index is 11.1. The number of hydrogen-bond acceptors (Lipinski definition) is 4. The molecule has 0 saturated heterocycles. The van der Waals surface area contributed by atoms with Gasteiger partial charge in [0.25, 0.3) is 5.69 Å². The number of nitrogens with two attached hydrogens (primary N) is 1. The first kappa shape index (κ1) is 15.9. The lowest BCUT2D eigenvalue weighted by Crippen LogP contribution is -2.04. The van der Waals surface area contributed by atoms with Crippen molar-refractivity contribution in [1.82, 2.24) is 9.78 Å². The van der Waals surface area contributed by atoms with Crippen molar-refractivity contribution in [3.8, 4) is 16.9 Å². The normalized spacial score (nSPS) is 10.8. The maximum Gasteiger partial charge on any atom is 0.270 e. The van der Waals surface area contributed by atoms with Crippen LogP contribution in [0.2, 0.25) is 0 Å². The molecule has 3 aromatic rings. The summed E-state index contributed by atoms with van der Waals surface area (Å²) in [6.45, 7) is 4.36. The monoisotopic (exact) mass is 322 g/mol. The molecular weight excluding hydrogens is 304 g/mol. The van der Waals surface area contributed by atoms with Crippen LogP contribution in [0.1, 0.15) is 16.8 Å². The number of nitrogens with zero attached hydrogens (tertiary/aromatic N) is 3. The Morgan fingerprint density at radius 1 is 1.17 bits per heavy atom. The molecule has 0 saturated carbocycles. The average molecular weight is 322 g/mol. The minimum Gasteiger partial charge on any atom is -0.325 e. The molecule has 2 N–H and O–H groups in total. The fraction of sp³-hybridized carbons (Fsp3) is 0.167. The first-order valence-corrected chi connectivity index (χ1v) is 7.61. The van der Waals surface area contributed by atoms with Crippen LogP contribution in [-0.2, 0) is 6.54 Å². The van der Waals surface area contributed by atoms with Gasteiger partial charge in [-0.2, -0.15) is 5.10 Å². The molecule has 0 aliphatic heterocycles. The maximum atomic E-state index is 11.1. The standard InChI is InChI=1S/C18H18N4O2/c1-12-6-7-17(13(2)8-12)21-18(10-15(11-19)20-21)14-4-3-5-16(9-14)22(23)24/h3-10H,11,19H2,1-2H3. The molecule has 0 aliphatic carbocycles. The predicted molar refractivity (Wildman–Crippen MR) is 93.0 cm³/mol. The Morgan fingerprint density at radius 3 is 2.62 bits per heavy atom. The molecule has 0 spiro atoms. The van der Waals surface area contributed by atoms with Gasteiger partial charge in [0.1, 0.15) is 0 Å². The highest BCUT2D eigenvalue weighted by Crippen LogP contribution is 2.28. The quantitative estimate of drug-likeness (QED) is 0.588. The number of non-ortho nitro benzene ring substituents is 1. The molecule has 0 fully saturated rings. The fourth-order valence-corrected chi connectivity index (χ4v) is 2.74. The van der Waals surface area contributed by atoms with Crippen molar-refractivity contribution >= 4 is 5.69 Å². The zero-order valence-electron chi connectivity index (χ0n) is 13.6. The zero-order valence-corrected chi connectivity index (χ0v) is 13.6. The number of nitro benzene ring substituents is 1. The van der Waals surface area contributed by atoms with Crippen molar-refractivity contribution in [2.75, 3.05) is 0 Å². The topological polar surface area (TPSA) is 87.0 Å². The van der Waals surface area contributed by atoms with E-state index in [1.165, 1.54) is 11.6 Å². The van der Waals surface area contributed by atoms with Crippen LogP contribution in [0.5, 0.6) is 0 Å². The summed E-state index contributed by atoms with van der Waals surface area (Å²) in [6.07, 6.45) is 0. The van der Waals surface area contributed by atoms with Crippen molar-refractivity contribution in [3.63, 3.8) is 0 Å². The third-order valence-electron chi connectivity index (χ3n) is 3.90. The van der Waals surface area contributed by atoms with Gasteiger partial charge in [-0.05, 0) is 31.5 Å². The Balaban J connectivity index is 2.20. The van der Waals surface area contributed by atoms with Crippen LogP contribution in [0, 0.1) is 24.0 Å². The summed E-state index contributed by atoms with van der Waals surface area (Å²) in [4.78, 5) is 10.7. The third kappa shape index (κ3) is 2.91. The van der Waals surface area contributed by atoms with Gasteiger partial charge in [-0.1, -0.05) is 29.8 Å². The van der Waals surface area contributed by atoms with Crippen LogP contribution < -0.4 is 5.73 Å². The summed E-state index contributed by atoms with van der Waals surface area (Å²) >= 11 is 0. The van der Waals surface area contributed by atoms with Crippen molar-refractivity contribution in [3.05, 3.63) is 75.5 Å². The lowest BCUT2D eigenvalue weighted by molar-refractivity contribution is -0.384. The SMILES string of the molecule is Cc1ccc(-n2nc(CN)cc2-c2cccc([N+](=O)[O-])c2)c(C)c1. The highest BCUT2D eigenvalue weighted by atomic mass is 16.6. The lowest BCUT2D eigenvalue weighted by atomic mass is 10.1. The summed E-state index contributed by atoms with van der Waals surface area (Å²) in [7, 11) is 0. The molecule has 0 bridgehead atoms. The lowest BCUT2D eigenvalue weighted by Gasteiger charge is -2.11. The number of aryl methyl sites for hydroxylation is 2. The van der Waals surface area contributed by atoms with Gasteiger partial charge in [-0.25, -0.2) is 4.68 Å². The molecule has 0 aliphatic rings. The van der Waals surface area contributed by atoms with Crippen LogP contribution in [0.3, 0.4) is 0 Å². The van der Waals surface area contributed by atoms with E-state index >= 15 is 0 Å². The number of rotatable bonds is 4. The van der Waals surface area contributed by atoms with Crippen molar-refractivity contribution in [2.45, 2.75) is 20.4 Å². The molecule has 0 atom stereocenters. The Hall–Kier alpha value is -2.99. The number of benzene rings is 2. The first-order chi connectivity index (χ1) is 11.5. The number of hydrogen-bond donors (Lipinski definition) is 1. The van der Waals surface area contributed by atoms with E-state index in [0.29, 0.717) is 6.54 Å². The van der Waals surface area contributed by atoms with Crippen LogP contribution in [0.15, 0.2) is 48.5 Å². The molecule has 1 aromatic heterocycles. The number of aromatic nitrogens is 2. The van der Waals surface area contributed by atoms with Gasteiger partial charge in [0, 0.05) is 24.2 Å². The molecular formula is C18H18N4O2. The second kappa shape index (κ2) is 6.25. The Bertz CT molecular complexity index is 915. The molecule has 2 aromatic carbocycles. The second-order valence-corrected chi connectivity index (χ2v) is 5.73. The minimum atomic E-state index is -0.398. The fourth-order valence-electron chi connectivity index (χ4n) is 2.74. The van der Waals surface area contributed by atoms with E-state index in [4.69, 9.17) is 5.73 Å². The van der Waals surface area contributed by atoms with Gasteiger partial charge in [0.05, 0.1) is 22.0 Å². The highest BCUT2D eigenvalue weighted by molar-refractivity contribution is 5.66. The van der Waals surface area contributed by atoms with Crippen molar-refractivity contribution in [2.24, 2.45) is 5.73 Å². The van der Waals surface area contributed by atoms with Crippen LogP contribution in [0.25, 0.3) is 16.9 Å². The van der Waals surface area contributed by atoms with Crippen LogP contribution in [0.4, 0.5) is 5.69 Å². The molecule has 1 heterocycles. The van der Waals surface area contributed by atoms with E-state index in [0.717, 1.165) is 28.2 Å². The predicted octanol–water partition coefficient (Wildman–Crippen LogP) is 3.52. The minimum absolute atomic E-state index is 0.0511. The van der Waals surface area contributed by atoms with E-state index in [9.17, 15) is 10.1 Å². The summed E-state index contributed by atoms with van der Waals surface area (Å²) in [6, 6.07) is 14.5. The van der Waals surface area contributed by atoms with E-state index in [1.807, 2.05) is 38.1 Å². The van der Waals surface area contributed by atoms with Gasteiger partial charge >= 0.3 is 0 Å². The Morgan fingerprint density at radius 2 is 1.96 bits per heavy atom. The Kier molecular flexibility index (Phi) is 4.14. The molecule has 3 rings (SSSR count). The zero-order chi connectivity index (χ0) is 17.3. The molecule has 0 unspecified atom stereocenters. The van der Waals surface area contributed by atoms with Crippen LogP contribution >= 0.6 is 0 Å². The Labute approximate surface area is 139 Å². The highest BCUT2D eigenvalue weighted by Gasteiger charge is 2.15. The summed E-state index contributed by atoms with van der Waals surface area (Å²) in [5.74, 6) is 0. The van der Waals surface area contributed by atoms with Gasteiger partial charge in [-0.15, -0.1) is 0 Å². The van der Waals surface area contributed by atoms with Gasteiger partial charge < -0.3 is 5.73 Å². The van der Waals surface area contributed by atoms with Crippen LogP contribution in [-0.4, -0.2) is 14.7 Å². The van der Waals surface area contributed by atoms with E-state index in [1.54, 1.807) is 16.8 Å². The first-order valence-electron chi connectivity index (χ1n) is 7.61. The molecule has 24 heavy (non-hydrogen) atoms. The molecule has 6 nitrogen and oxygen atoms in total. The summed E-state index contributed by atoms with van der Waals surface area (Å²) < 4.78 is 1.80. The van der Waals surface area contributed by atoms with Gasteiger partial charge in [0.15, 0.2) is 0 Å². The smallest absolute Gasteiger partial charge is 0.270 e. The second-order valence-electron chi connectivity index (χ2n) is 5.73. The molecule has 6 heteroatoms. The average Bonchev–Trinajstić information content (AvgIpc) is 2.99. The molecule has 0 amide bonds. The largest absolute Gasteiger partial charge is 0.325 e. The summed E-state index contributed by atoms with van der Waals surface area (Å²) in [5.41, 5.74) is 11.2. The molecule has 0 radical (unpaired) electrons. The van der Waals surface area contributed by atoms with Crippen molar-refractivity contribution < 1.29 is 4.92 Å². The van der Waals surface area contributed by atoms with Crippen molar-refractivity contribution in [1.29, 1.82) is 0 Å². The van der Waals surface area contributed by atoms with Gasteiger partial charge in [-0.3, -0.25) is 10.1 Å². The van der Waals surface area contributed by atoms with E-state index in [-0.39, 0.29) is 5.69 Å². The molecule has 122 valence electrons.